The van der Waals surface area contributed by atoms with Crippen molar-refractivity contribution in [2.45, 2.75) is 45.9 Å². The van der Waals surface area contributed by atoms with Crippen LogP contribution >= 0.6 is 34.5 Å². The van der Waals surface area contributed by atoms with Crippen LogP contribution in [-0.2, 0) is 17.9 Å². The molecule has 1 amide bonds. The molecule has 0 aliphatic heterocycles. The van der Waals surface area contributed by atoms with E-state index in [4.69, 9.17) is 27.9 Å². The van der Waals surface area contributed by atoms with Gasteiger partial charge in [0.1, 0.15) is 17.4 Å². The molecule has 0 unspecified atom stereocenters. The van der Waals surface area contributed by atoms with Gasteiger partial charge in [0.25, 0.3) is 0 Å². The van der Waals surface area contributed by atoms with Crippen molar-refractivity contribution >= 4 is 40.4 Å². The van der Waals surface area contributed by atoms with Crippen LogP contribution in [0.15, 0.2) is 23.6 Å². The molecule has 3 rings (SSSR count). The average molecular weight is 399 g/mol. The SMILES string of the molecule is CC(C)C(=O)N(Cc1csc(COc2cc(Cl)ccc2Cl)n1)C1CC1. The number of hydrogen-bond acceptors (Lipinski definition) is 4. The summed E-state index contributed by atoms with van der Waals surface area (Å²) in [5.74, 6) is 0.742. The van der Waals surface area contributed by atoms with Crippen molar-refractivity contribution in [1.29, 1.82) is 0 Å². The maximum Gasteiger partial charge on any atom is 0.225 e. The smallest absolute Gasteiger partial charge is 0.225 e. The third kappa shape index (κ3) is 4.87. The minimum Gasteiger partial charge on any atom is -0.485 e. The summed E-state index contributed by atoms with van der Waals surface area (Å²) in [6, 6.07) is 5.49. The molecule has 0 saturated heterocycles. The molecular formula is C18H20Cl2N2O2S. The molecule has 1 aliphatic carbocycles. The first kappa shape index (κ1) is 18.5. The number of nitrogens with zero attached hydrogens (tertiary/aromatic N) is 2. The molecule has 1 fully saturated rings. The molecule has 0 radical (unpaired) electrons. The van der Waals surface area contributed by atoms with E-state index in [2.05, 4.69) is 4.98 Å². The first-order valence-corrected chi connectivity index (χ1v) is 9.89. The number of thiazole rings is 1. The minimum absolute atomic E-state index is 0.00649. The second-order valence-electron chi connectivity index (χ2n) is 6.45. The predicted molar refractivity (Wildman–Crippen MR) is 101 cm³/mol. The van der Waals surface area contributed by atoms with Gasteiger partial charge in [0.2, 0.25) is 5.91 Å². The first-order valence-electron chi connectivity index (χ1n) is 8.25. The number of rotatable bonds is 7. The summed E-state index contributed by atoms with van der Waals surface area (Å²) in [4.78, 5) is 18.9. The molecule has 1 aromatic carbocycles. The zero-order valence-corrected chi connectivity index (χ0v) is 16.5. The van der Waals surface area contributed by atoms with Gasteiger partial charge in [-0.2, -0.15) is 0 Å². The molecule has 1 aliphatic rings. The number of carbonyl (C=O) groups excluding carboxylic acids is 1. The van der Waals surface area contributed by atoms with Crippen molar-refractivity contribution in [3.05, 3.63) is 44.3 Å². The van der Waals surface area contributed by atoms with Crippen molar-refractivity contribution in [3.63, 3.8) is 0 Å². The molecule has 0 atom stereocenters. The van der Waals surface area contributed by atoms with Crippen LogP contribution < -0.4 is 4.74 Å². The van der Waals surface area contributed by atoms with E-state index in [0.29, 0.717) is 35.0 Å². The lowest BCUT2D eigenvalue weighted by Gasteiger charge is -2.23. The number of amides is 1. The third-order valence-electron chi connectivity index (χ3n) is 3.94. The standard InChI is InChI=1S/C18H20Cl2N2O2S/c1-11(2)18(23)22(14-4-5-14)8-13-10-25-17(21-13)9-24-16-7-12(19)3-6-15(16)20/h3,6-7,10-11,14H,4-5,8-9H2,1-2H3. The molecule has 0 spiro atoms. The van der Waals surface area contributed by atoms with Crippen molar-refractivity contribution < 1.29 is 9.53 Å². The lowest BCUT2D eigenvalue weighted by atomic mass is 10.2. The van der Waals surface area contributed by atoms with Gasteiger partial charge in [0, 0.05) is 28.4 Å². The average Bonchev–Trinajstić information content (AvgIpc) is 3.32. The molecule has 25 heavy (non-hydrogen) atoms. The molecule has 4 nitrogen and oxygen atoms in total. The van der Waals surface area contributed by atoms with E-state index in [1.807, 2.05) is 24.1 Å². The number of halogens is 2. The zero-order chi connectivity index (χ0) is 18.0. The van der Waals surface area contributed by atoms with Gasteiger partial charge in [-0.05, 0) is 25.0 Å². The highest BCUT2D eigenvalue weighted by atomic mass is 35.5. The maximum atomic E-state index is 12.4. The van der Waals surface area contributed by atoms with E-state index < -0.39 is 0 Å². The predicted octanol–water partition coefficient (Wildman–Crippen LogP) is 5.18. The quantitative estimate of drug-likeness (QED) is 0.645. The number of aromatic nitrogens is 1. The van der Waals surface area contributed by atoms with E-state index in [0.717, 1.165) is 23.5 Å². The van der Waals surface area contributed by atoms with Crippen molar-refractivity contribution in [2.75, 3.05) is 0 Å². The molecule has 1 heterocycles. The van der Waals surface area contributed by atoms with E-state index in [-0.39, 0.29) is 11.8 Å². The van der Waals surface area contributed by atoms with Crippen LogP contribution in [0.2, 0.25) is 10.0 Å². The molecule has 0 N–H and O–H groups in total. The highest BCUT2D eigenvalue weighted by molar-refractivity contribution is 7.09. The molecule has 2 aromatic rings. The second-order valence-corrected chi connectivity index (χ2v) is 8.23. The van der Waals surface area contributed by atoms with Gasteiger partial charge in [-0.1, -0.05) is 37.0 Å². The molecule has 7 heteroatoms. The van der Waals surface area contributed by atoms with Crippen molar-refractivity contribution in [1.82, 2.24) is 9.88 Å². The summed E-state index contributed by atoms with van der Waals surface area (Å²) in [5.41, 5.74) is 0.904. The summed E-state index contributed by atoms with van der Waals surface area (Å²) in [6.45, 7) is 4.77. The van der Waals surface area contributed by atoms with Gasteiger partial charge < -0.3 is 9.64 Å². The lowest BCUT2D eigenvalue weighted by Crippen LogP contribution is -2.35. The monoisotopic (exact) mass is 398 g/mol. The fraction of sp³-hybridized carbons (Fsp3) is 0.444. The highest BCUT2D eigenvalue weighted by Crippen LogP contribution is 2.31. The Hall–Kier alpha value is -1.30. The van der Waals surface area contributed by atoms with Crippen LogP contribution in [0.1, 0.15) is 37.4 Å². The van der Waals surface area contributed by atoms with E-state index >= 15 is 0 Å². The van der Waals surface area contributed by atoms with E-state index in [9.17, 15) is 4.79 Å². The van der Waals surface area contributed by atoms with Gasteiger partial charge >= 0.3 is 0 Å². The second kappa shape index (κ2) is 7.94. The Kier molecular flexibility index (Phi) is 5.87. The van der Waals surface area contributed by atoms with Gasteiger partial charge in [0.15, 0.2) is 0 Å². The minimum atomic E-state index is 0.00649. The van der Waals surface area contributed by atoms with E-state index in [1.54, 1.807) is 18.2 Å². The molecule has 134 valence electrons. The van der Waals surface area contributed by atoms with Crippen molar-refractivity contribution in [2.24, 2.45) is 5.92 Å². The summed E-state index contributed by atoms with van der Waals surface area (Å²) in [5, 5.41) is 3.93. The summed E-state index contributed by atoms with van der Waals surface area (Å²) < 4.78 is 5.72. The van der Waals surface area contributed by atoms with Gasteiger partial charge in [-0.15, -0.1) is 11.3 Å². The molecule has 1 aromatic heterocycles. The Morgan fingerprint density at radius 3 is 2.84 bits per heavy atom. The Labute approximate surface area is 161 Å². The number of hydrogen-bond donors (Lipinski definition) is 0. The van der Waals surface area contributed by atoms with E-state index in [1.165, 1.54) is 11.3 Å². The van der Waals surface area contributed by atoms with Gasteiger partial charge in [-0.3, -0.25) is 4.79 Å². The number of ether oxygens (including phenoxy) is 1. The fourth-order valence-electron chi connectivity index (χ4n) is 2.49. The third-order valence-corrected chi connectivity index (χ3v) is 5.36. The zero-order valence-electron chi connectivity index (χ0n) is 14.2. The summed E-state index contributed by atoms with van der Waals surface area (Å²) in [6.07, 6.45) is 2.18. The Morgan fingerprint density at radius 2 is 2.16 bits per heavy atom. The number of carbonyl (C=O) groups is 1. The van der Waals surface area contributed by atoms with Crippen LogP contribution in [0.3, 0.4) is 0 Å². The Morgan fingerprint density at radius 1 is 1.40 bits per heavy atom. The molecule has 0 bridgehead atoms. The Bertz CT molecular complexity index is 759. The number of benzene rings is 1. The summed E-state index contributed by atoms with van der Waals surface area (Å²) in [7, 11) is 0. The van der Waals surface area contributed by atoms with Crippen LogP contribution in [0.25, 0.3) is 0 Å². The van der Waals surface area contributed by atoms with Gasteiger partial charge in [0.05, 0.1) is 17.3 Å². The first-order chi connectivity index (χ1) is 11.9. The van der Waals surface area contributed by atoms with Gasteiger partial charge in [-0.25, -0.2) is 4.98 Å². The lowest BCUT2D eigenvalue weighted by molar-refractivity contribution is -0.135. The van der Waals surface area contributed by atoms with Crippen LogP contribution in [0.4, 0.5) is 0 Å². The maximum absolute atomic E-state index is 12.4. The molecule has 1 saturated carbocycles. The Balaban J connectivity index is 1.62. The highest BCUT2D eigenvalue weighted by Gasteiger charge is 2.33. The summed E-state index contributed by atoms with van der Waals surface area (Å²) >= 11 is 13.6. The molecular weight excluding hydrogens is 379 g/mol. The fourth-order valence-corrected chi connectivity index (χ4v) is 3.52. The normalized spacial score (nSPS) is 14.0. The van der Waals surface area contributed by atoms with Crippen LogP contribution in [0.5, 0.6) is 5.75 Å². The topological polar surface area (TPSA) is 42.4 Å². The largest absolute Gasteiger partial charge is 0.485 e. The van der Waals surface area contributed by atoms with Crippen molar-refractivity contribution in [3.8, 4) is 5.75 Å². The van der Waals surface area contributed by atoms with Crippen LogP contribution in [-0.4, -0.2) is 21.8 Å². The van der Waals surface area contributed by atoms with Crippen LogP contribution in [0, 0.1) is 5.92 Å².